The van der Waals surface area contributed by atoms with E-state index in [0.717, 1.165) is 18.2 Å². The second kappa shape index (κ2) is 4.85. The summed E-state index contributed by atoms with van der Waals surface area (Å²) < 4.78 is 89.7. The molecule has 19 heavy (non-hydrogen) atoms. The predicted molar refractivity (Wildman–Crippen MR) is 55.5 cm³/mol. The predicted octanol–water partition coefficient (Wildman–Crippen LogP) is 5.48. The number of benzene rings is 1. The standard InChI is InChI=1S/C11H8ClF7/c1-9(10(14,15)16,11(17,18)19)8(13)6-3-2-4-7(12)5-6/h2-5,8H,1H3. The summed E-state index contributed by atoms with van der Waals surface area (Å²) in [4.78, 5) is 0. The van der Waals surface area contributed by atoms with Gasteiger partial charge in [0.1, 0.15) is 6.17 Å². The molecule has 1 aromatic carbocycles. The molecule has 0 aromatic heterocycles. The van der Waals surface area contributed by atoms with Gasteiger partial charge in [0, 0.05) is 5.02 Å². The highest BCUT2D eigenvalue weighted by Crippen LogP contribution is 2.58. The van der Waals surface area contributed by atoms with E-state index in [-0.39, 0.29) is 11.9 Å². The minimum Gasteiger partial charge on any atom is -0.241 e. The zero-order valence-corrected chi connectivity index (χ0v) is 10.2. The van der Waals surface area contributed by atoms with Crippen LogP contribution in [-0.4, -0.2) is 12.4 Å². The molecule has 0 radical (unpaired) electrons. The highest BCUT2D eigenvalue weighted by atomic mass is 35.5. The average molecular weight is 309 g/mol. The zero-order valence-electron chi connectivity index (χ0n) is 9.41. The van der Waals surface area contributed by atoms with Crippen molar-refractivity contribution in [3.63, 3.8) is 0 Å². The molecule has 0 aliphatic heterocycles. The van der Waals surface area contributed by atoms with Crippen molar-refractivity contribution in [2.24, 2.45) is 5.41 Å². The van der Waals surface area contributed by atoms with Gasteiger partial charge >= 0.3 is 12.4 Å². The highest BCUT2D eigenvalue weighted by molar-refractivity contribution is 6.30. The Hall–Kier alpha value is -0.980. The van der Waals surface area contributed by atoms with Crippen LogP contribution in [0.25, 0.3) is 0 Å². The summed E-state index contributed by atoms with van der Waals surface area (Å²) in [7, 11) is 0. The molecule has 0 aliphatic rings. The number of alkyl halides is 7. The summed E-state index contributed by atoms with van der Waals surface area (Å²) in [5, 5.41) is -0.146. The Kier molecular flexibility index (Phi) is 4.10. The van der Waals surface area contributed by atoms with E-state index in [4.69, 9.17) is 11.6 Å². The minimum atomic E-state index is -5.78. The van der Waals surface area contributed by atoms with Gasteiger partial charge < -0.3 is 0 Å². The topological polar surface area (TPSA) is 0 Å². The molecule has 0 bridgehead atoms. The Labute approximate surface area is 109 Å². The second-order valence-electron chi connectivity index (χ2n) is 4.12. The molecule has 108 valence electrons. The summed E-state index contributed by atoms with van der Waals surface area (Å²) in [6, 6.07) is 3.86. The third kappa shape index (κ3) is 2.80. The third-order valence-electron chi connectivity index (χ3n) is 2.83. The van der Waals surface area contributed by atoms with E-state index in [1.165, 1.54) is 6.07 Å². The van der Waals surface area contributed by atoms with Gasteiger partial charge in [-0.3, -0.25) is 0 Å². The van der Waals surface area contributed by atoms with Crippen LogP contribution in [0.1, 0.15) is 18.7 Å². The lowest BCUT2D eigenvalue weighted by atomic mass is 9.80. The molecule has 1 aromatic rings. The second-order valence-corrected chi connectivity index (χ2v) is 4.55. The van der Waals surface area contributed by atoms with Crippen LogP contribution in [0.2, 0.25) is 5.02 Å². The van der Waals surface area contributed by atoms with Crippen molar-refractivity contribution in [3.8, 4) is 0 Å². The first kappa shape index (κ1) is 16.1. The van der Waals surface area contributed by atoms with E-state index in [9.17, 15) is 30.7 Å². The van der Waals surface area contributed by atoms with Crippen LogP contribution >= 0.6 is 11.6 Å². The lowest BCUT2D eigenvalue weighted by Gasteiger charge is -2.36. The van der Waals surface area contributed by atoms with Crippen LogP contribution < -0.4 is 0 Å². The number of hydrogen-bond acceptors (Lipinski definition) is 0. The largest absolute Gasteiger partial charge is 0.406 e. The number of hydrogen-bond donors (Lipinski definition) is 0. The number of halogens is 8. The first-order valence-electron chi connectivity index (χ1n) is 4.94. The molecule has 0 heterocycles. The summed E-state index contributed by atoms with van der Waals surface area (Å²) in [5.74, 6) is 0. The van der Waals surface area contributed by atoms with Gasteiger partial charge in [-0.2, -0.15) is 26.3 Å². The van der Waals surface area contributed by atoms with Gasteiger partial charge in [0.2, 0.25) is 0 Å². The Morgan fingerprint density at radius 3 is 1.84 bits per heavy atom. The Bertz CT molecular complexity index is 435. The van der Waals surface area contributed by atoms with Gasteiger partial charge in [-0.25, -0.2) is 4.39 Å². The van der Waals surface area contributed by atoms with Crippen LogP contribution in [0.15, 0.2) is 24.3 Å². The Morgan fingerprint density at radius 1 is 1.00 bits per heavy atom. The smallest absolute Gasteiger partial charge is 0.241 e. The van der Waals surface area contributed by atoms with E-state index < -0.39 is 29.5 Å². The van der Waals surface area contributed by atoms with E-state index in [1.54, 1.807) is 0 Å². The van der Waals surface area contributed by atoms with Crippen LogP contribution in [0, 0.1) is 5.41 Å². The van der Waals surface area contributed by atoms with Crippen molar-refractivity contribution in [3.05, 3.63) is 34.9 Å². The van der Waals surface area contributed by atoms with Crippen LogP contribution in [0.3, 0.4) is 0 Å². The van der Waals surface area contributed by atoms with Crippen molar-refractivity contribution in [1.29, 1.82) is 0 Å². The van der Waals surface area contributed by atoms with Crippen molar-refractivity contribution in [2.45, 2.75) is 25.4 Å². The SMILES string of the molecule is CC(C(F)c1cccc(Cl)c1)(C(F)(F)F)C(F)(F)F. The fourth-order valence-corrected chi connectivity index (χ4v) is 1.64. The van der Waals surface area contributed by atoms with Crippen molar-refractivity contribution in [2.75, 3.05) is 0 Å². The molecule has 1 atom stereocenters. The Morgan fingerprint density at radius 2 is 1.47 bits per heavy atom. The van der Waals surface area contributed by atoms with Gasteiger partial charge in [0.15, 0.2) is 5.41 Å². The first-order valence-corrected chi connectivity index (χ1v) is 5.32. The fraction of sp³-hybridized carbons (Fsp3) is 0.455. The lowest BCUT2D eigenvalue weighted by Crippen LogP contribution is -2.50. The van der Waals surface area contributed by atoms with Crippen LogP contribution in [0.4, 0.5) is 30.7 Å². The summed E-state index contributed by atoms with van der Waals surface area (Å²) in [6.45, 7) is -0.210. The monoisotopic (exact) mass is 308 g/mol. The molecule has 0 aliphatic carbocycles. The van der Waals surface area contributed by atoms with E-state index in [1.807, 2.05) is 0 Å². The maximum Gasteiger partial charge on any atom is 0.406 e. The highest BCUT2D eigenvalue weighted by Gasteiger charge is 2.72. The number of rotatable bonds is 2. The first-order chi connectivity index (χ1) is 8.41. The molecule has 0 amide bonds. The van der Waals surface area contributed by atoms with E-state index >= 15 is 0 Å². The summed E-state index contributed by atoms with van der Waals surface area (Å²) >= 11 is 5.44. The van der Waals surface area contributed by atoms with Crippen LogP contribution in [-0.2, 0) is 0 Å². The third-order valence-corrected chi connectivity index (χ3v) is 3.06. The normalized spacial score (nSPS) is 15.4. The van der Waals surface area contributed by atoms with Crippen LogP contribution in [0.5, 0.6) is 0 Å². The molecule has 8 heteroatoms. The quantitative estimate of drug-likeness (QED) is 0.634. The maximum atomic E-state index is 13.9. The van der Waals surface area contributed by atoms with E-state index in [0.29, 0.717) is 0 Å². The summed E-state index contributed by atoms with van der Waals surface area (Å²) in [5.41, 5.74) is -5.27. The van der Waals surface area contributed by atoms with Crippen molar-refractivity contribution in [1.82, 2.24) is 0 Å². The van der Waals surface area contributed by atoms with Gasteiger partial charge in [-0.1, -0.05) is 23.7 Å². The van der Waals surface area contributed by atoms with Gasteiger partial charge in [0.25, 0.3) is 0 Å². The lowest BCUT2D eigenvalue weighted by molar-refractivity contribution is -0.353. The molecular formula is C11H8ClF7. The zero-order chi connectivity index (χ0) is 15.1. The van der Waals surface area contributed by atoms with Crippen molar-refractivity contribution >= 4 is 11.6 Å². The fourth-order valence-electron chi connectivity index (χ4n) is 1.45. The maximum absolute atomic E-state index is 13.9. The summed E-state index contributed by atoms with van der Waals surface area (Å²) in [6.07, 6.45) is -14.9. The molecule has 0 nitrogen and oxygen atoms in total. The van der Waals surface area contributed by atoms with Crippen molar-refractivity contribution < 1.29 is 30.7 Å². The molecule has 0 N–H and O–H groups in total. The Balaban J connectivity index is 3.36. The van der Waals surface area contributed by atoms with E-state index in [2.05, 4.69) is 0 Å². The van der Waals surface area contributed by atoms with Gasteiger partial charge in [0.05, 0.1) is 0 Å². The molecule has 0 saturated heterocycles. The molecule has 0 fully saturated rings. The van der Waals surface area contributed by atoms with Gasteiger partial charge in [-0.05, 0) is 24.6 Å². The van der Waals surface area contributed by atoms with Gasteiger partial charge in [-0.15, -0.1) is 0 Å². The molecule has 0 saturated carbocycles. The minimum absolute atomic E-state index is 0.146. The molecular weight excluding hydrogens is 301 g/mol. The molecule has 0 spiro atoms. The average Bonchev–Trinajstić information content (AvgIpc) is 2.23. The molecule has 1 unspecified atom stereocenters. The molecule has 1 rings (SSSR count).